The number of benzene rings is 1. The summed E-state index contributed by atoms with van der Waals surface area (Å²) in [6.45, 7) is 4.24. The van der Waals surface area contributed by atoms with Crippen molar-refractivity contribution in [2.24, 2.45) is 29.6 Å². The first-order valence-corrected chi connectivity index (χ1v) is 9.50. The van der Waals surface area contributed by atoms with Crippen molar-refractivity contribution in [1.82, 2.24) is 0 Å². The van der Waals surface area contributed by atoms with Crippen LogP contribution in [0.3, 0.4) is 0 Å². The highest BCUT2D eigenvalue weighted by molar-refractivity contribution is 5.87. The smallest absolute Gasteiger partial charge is 0.310 e. The molecule has 4 aliphatic rings. The largest absolute Gasteiger partial charge is 0.545 e. The predicted molar refractivity (Wildman–Crippen MR) is 92.7 cm³/mol. The number of nitro groups is 1. The number of hydrogen-bond acceptors (Lipinski definition) is 5. The molecule has 4 aliphatic carbocycles. The number of carboxylic acids is 1. The summed E-state index contributed by atoms with van der Waals surface area (Å²) in [6.07, 6.45) is 5.75. The van der Waals surface area contributed by atoms with Gasteiger partial charge in [0.15, 0.2) is 5.75 Å². The van der Waals surface area contributed by atoms with Gasteiger partial charge in [-0.3, -0.25) is 10.1 Å². The summed E-state index contributed by atoms with van der Waals surface area (Å²) in [5.41, 5.74) is -0.722. The van der Waals surface area contributed by atoms with Gasteiger partial charge in [-0.25, -0.2) is 0 Å². The van der Waals surface area contributed by atoms with E-state index in [0.717, 1.165) is 37.5 Å². The first-order valence-electron chi connectivity index (χ1n) is 9.50. The molecule has 6 nitrogen and oxygen atoms in total. The van der Waals surface area contributed by atoms with E-state index in [4.69, 9.17) is 4.74 Å². The van der Waals surface area contributed by atoms with Crippen molar-refractivity contribution in [2.45, 2.75) is 51.6 Å². The summed E-state index contributed by atoms with van der Waals surface area (Å²) in [7, 11) is 0. The molecule has 1 aromatic carbocycles. The Balaban J connectivity index is 1.77. The quantitative estimate of drug-likeness (QED) is 0.595. The van der Waals surface area contributed by atoms with E-state index in [1.807, 2.05) is 0 Å². The van der Waals surface area contributed by atoms with Crippen LogP contribution in [0, 0.1) is 39.7 Å². The number of nitrogens with zero attached hydrogens (tertiary/aromatic N) is 1. The second-order valence-electron chi connectivity index (χ2n) is 8.64. The zero-order valence-corrected chi connectivity index (χ0v) is 15.1. The second-order valence-corrected chi connectivity index (χ2v) is 8.64. The molecule has 4 fully saturated rings. The molecule has 4 saturated carbocycles. The molecule has 0 unspecified atom stereocenters. The second kappa shape index (κ2) is 5.96. The average Bonchev–Trinajstić information content (AvgIpc) is 2.56. The van der Waals surface area contributed by atoms with Crippen molar-refractivity contribution in [3.05, 3.63) is 33.9 Å². The number of hydrogen-bond donors (Lipinski definition) is 0. The average molecular weight is 358 g/mol. The lowest BCUT2D eigenvalue weighted by molar-refractivity contribution is -0.386. The van der Waals surface area contributed by atoms with Crippen molar-refractivity contribution in [1.29, 1.82) is 0 Å². The topological polar surface area (TPSA) is 92.5 Å². The highest BCUT2D eigenvalue weighted by atomic mass is 16.6. The van der Waals surface area contributed by atoms with E-state index in [0.29, 0.717) is 11.8 Å². The molecule has 0 atom stereocenters. The van der Waals surface area contributed by atoms with Crippen LogP contribution in [0.15, 0.2) is 18.2 Å². The Kier molecular flexibility index (Phi) is 3.97. The summed E-state index contributed by atoms with van der Waals surface area (Å²) in [6, 6.07) is 3.69. The Morgan fingerprint density at radius 1 is 1.15 bits per heavy atom. The van der Waals surface area contributed by atoms with E-state index in [9.17, 15) is 20.0 Å². The first kappa shape index (κ1) is 17.3. The minimum atomic E-state index is -1.35. The fourth-order valence-electron chi connectivity index (χ4n) is 6.21. The number of carbonyl (C=O) groups excluding carboxylic acids is 1. The van der Waals surface area contributed by atoms with Crippen LogP contribution in [0.5, 0.6) is 5.75 Å². The van der Waals surface area contributed by atoms with Gasteiger partial charge < -0.3 is 14.6 Å². The zero-order valence-electron chi connectivity index (χ0n) is 15.1. The van der Waals surface area contributed by atoms with Crippen molar-refractivity contribution in [2.75, 3.05) is 0 Å². The van der Waals surface area contributed by atoms with E-state index in [1.165, 1.54) is 24.6 Å². The van der Waals surface area contributed by atoms with Gasteiger partial charge in [-0.1, -0.05) is 13.8 Å². The molecule has 5 rings (SSSR count). The molecule has 1 aromatic rings. The Labute approximate surface area is 152 Å². The van der Waals surface area contributed by atoms with Crippen molar-refractivity contribution in [3.63, 3.8) is 0 Å². The third kappa shape index (κ3) is 2.49. The van der Waals surface area contributed by atoms with Gasteiger partial charge in [-0.05, 0) is 73.8 Å². The van der Waals surface area contributed by atoms with Gasteiger partial charge in [-0.2, -0.15) is 0 Å². The van der Waals surface area contributed by atoms with Crippen LogP contribution in [0.2, 0.25) is 0 Å². The van der Waals surface area contributed by atoms with Gasteiger partial charge in [0.05, 0.1) is 10.9 Å². The molecular formula is C20H24NO5-. The lowest BCUT2D eigenvalue weighted by Gasteiger charge is -2.62. The van der Waals surface area contributed by atoms with Crippen LogP contribution < -0.4 is 9.84 Å². The fourth-order valence-corrected chi connectivity index (χ4v) is 6.21. The summed E-state index contributed by atoms with van der Waals surface area (Å²) in [5, 5.41) is 22.7. The van der Waals surface area contributed by atoms with E-state index in [1.54, 1.807) is 0 Å². The standard InChI is InChI=1S/C20H25NO5/c1-11(2)20(15-6-12-5-13(8-15)9-16(20)7-12)26-18-10-14(19(22)23)3-4-17(18)21(24)25/h3-4,10-13,15-16H,5-9H2,1-2H3,(H,22,23)/p-1. The molecule has 4 bridgehead atoms. The maximum Gasteiger partial charge on any atom is 0.310 e. The van der Waals surface area contributed by atoms with Crippen molar-refractivity contribution in [3.8, 4) is 5.75 Å². The van der Waals surface area contributed by atoms with Gasteiger partial charge in [0.1, 0.15) is 5.60 Å². The molecule has 0 amide bonds. The molecule has 0 spiro atoms. The Hall–Kier alpha value is -2.11. The third-order valence-electron chi connectivity index (χ3n) is 7.00. The summed E-state index contributed by atoms with van der Waals surface area (Å²) >= 11 is 0. The molecule has 0 aromatic heterocycles. The molecule has 0 N–H and O–H groups in total. The minimum Gasteiger partial charge on any atom is -0.545 e. The SMILES string of the molecule is CC(C)C1(Oc2cc(C(=O)[O-])ccc2[N+](=O)[O-])C2CC3CC(C2)CC1C3. The molecule has 0 saturated heterocycles. The maximum absolute atomic E-state index is 11.5. The Bertz CT molecular complexity index is 729. The van der Waals surface area contributed by atoms with Crippen molar-refractivity contribution >= 4 is 11.7 Å². The summed E-state index contributed by atoms with van der Waals surface area (Å²) in [4.78, 5) is 22.2. The third-order valence-corrected chi connectivity index (χ3v) is 7.00. The zero-order chi connectivity index (χ0) is 18.6. The molecular weight excluding hydrogens is 334 g/mol. The maximum atomic E-state index is 11.5. The van der Waals surface area contributed by atoms with Crippen LogP contribution in [0.4, 0.5) is 5.69 Å². The van der Waals surface area contributed by atoms with Crippen LogP contribution in [0.25, 0.3) is 0 Å². The van der Waals surface area contributed by atoms with Gasteiger partial charge >= 0.3 is 5.69 Å². The van der Waals surface area contributed by atoms with Crippen LogP contribution in [-0.2, 0) is 0 Å². The summed E-state index contributed by atoms with van der Waals surface area (Å²) in [5.74, 6) is 1.17. The van der Waals surface area contributed by atoms with Crippen LogP contribution >= 0.6 is 0 Å². The highest BCUT2D eigenvalue weighted by Crippen LogP contribution is 2.62. The first-order chi connectivity index (χ1) is 12.3. The van der Waals surface area contributed by atoms with Gasteiger partial charge in [0.25, 0.3) is 0 Å². The minimum absolute atomic E-state index is 0.0675. The molecule has 140 valence electrons. The van der Waals surface area contributed by atoms with Gasteiger partial charge in [0, 0.05) is 11.6 Å². The Morgan fingerprint density at radius 3 is 2.19 bits per heavy atom. The molecule has 0 aliphatic heterocycles. The molecule has 0 heterocycles. The number of carboxylic acid groups (broad SMARTS) is 1. The van der Waals surface area contributed by atoms with Gasteiger partial charge in [-0.15, -0.1) is 0 Å². The monoisotopic (exact) mass is 358 g/mol. The lowest BCUT2D eigenvalue weighted by atomic mass is 9.47. The number of ether oxygens (including phenoxy) is 1. The normalized spacial score (nSPS) is 34.9. The van der Waals surface area contributed by atoms with Crippen molar-refractivity contribution < 1.29 is 19.6 Å². The van der Waals surface area contributed by atoms with E-state index < -0.39 is 16.5 Å². The molecule has 26 heavy (non-hydrogen) atoms. The number of nitro benzene ring substituents is 1. The fraction of sp³-hybridized carbons (Fsp3) is 0.650. The lowest BCUT2D eigenvalue weighted by Crippen LogP contribution is -2.63. The van der Waals surface area contributed by atoms with Crippen LogP contribution in [-0.4, -0.2) is 16.5 Å². The highest BCUT2D eigenvalue weighted by Gasteiger charge is 2.60. The number of carbonyl (C=O) groups is 1. The predicted octanol–water partition coefficient (Wildman–Crippen LogP) is 3.19. The molecule has 6 heteroatoms. The Morgan fingerprint density at radius 2 is 1.73 bits per heavy atom. The molecule has 0 radical (unpaired) electrons. The van der Waals surface area contributed by atoms with E-state index >= 15 is 0 Å². The van der Waals surface area contributed by atoms with E-state index in [2.05, 4.69) is 13.8 Å². The van der Waals surface area contributed by atoms with E-state index in [-0.39, 0.29) is 22.9 Å². The summed E-state index contributed by atoms with van der Waals surface area (Å²) < 4.78 is 6.49. The number of aromatic carboxylic acids is 1. The van der Waals surface area contributed by atoms with Gasteiger partial charge in [0.2, 0.25) is 0 Å². The van der Waals surface area contributed by atoms with Crippen LogP contribution in [0.1, 0.15) is 56.3 Å². The number of rotatable bonds is 5.